The van der Waals surface area contributed by atoms with Gasteiger partial charge in [-0.15, -0.1) is 0 Å². The van der Waals surface area contributed by atoms with Crippen molar-refractivity contribution in [3.63, 3.8) is 0 Å². The van der Waals surface area contributed by atoms with Crippen molar-refractivity contribution in [1.29, 1.82) is 0 Å². The zero-order chi connectivity index (χ0) is 9.31. The maximum atomic E-state index is 10.3. The first-order valence-corrected chi connectivity index (χ1v) is 4.62. The smallest absolute Gasteiger partial charge is 0.259 e. The third-order valence-corrected chi connectivity index (χ3v) is 3.02. The molecule has 0 bridgehead atoms. The first-order valence-electron chi connectivity index (χ1n) is 4.62. The Morgan fingerprint density at radius 1 is 1.54 bits per heavy atom. The molecule has 5 nitrogen and oxygen atoms in total. The fourth-order valence-corrected chi connectivity index (χ4v) is 2.28. The molecule has 0 aliphatic carbocycles. The number of nitro groups is 1. The van der Waals surface area contributed by atoms with Gasteiger partial charge in [-0.2, -0.15) is 0 Å². The second-order valence-electron chi connectivity index (χ2n) is 4.08. The van der Waals surface area contributed by atoms with Crippen LogP contribution in [-0.2, 0) is 4.74 Å². The average Bonchev–Trinajstić information content (AvgIpc) is 2.63. The standard InChI is InChI=1S/C8H14N2O3/c11-10(12)7-9-3-1-8(5-9)2-4-13-6-8/h1-7H2. The zero-order valence-electron chi connectivity index (χ0n) is 7.57. The Morgan fingerprint density at radius 3 is 3.00 bits per heavy atom. The van der Waals surface area contributed by atoms with E-state index in [1.807, 2.05) is 4.90 Å². The molecule has 0 aromatic carbocycles. The van der Waals surface area contributed by atoms with E-state index in [1.54, 1.807) is 0 Å². The molecule has 2 aliphatic heterocycles. The fourth-order valence-electron chi connectivity index (χ4n) is 2.28. The van der Waals surface area contributed by atoms with Crippen molar-refractivity contribution in [2.24, 2.45) is 5.41 Å². The lowest BCUT2D eigenvalue weighted by Crippen LogP contribution is -2.31. The summed E-state index contributed by atoms with van der Waals surface area (Å²) in [5, 5.41) is 10.3. The van der Waals surface area contributed by atoms with E-state index in [-0.39, 0.29) is 17.0 Å². The summed E-state index contributed by atoms with van der Waals surface area (Å²) in [6.45, 7) is 3.30. The van der Waals surface area contributed by atoms with Gasteiger partial charge < -0.3 is 4.74 Å². The molecule has 0 radical (unpaired) electrons. The second-order valence-corrected chi connectivity index (χ2v) is 4.08. The van der Waals surface area contributed by atoms with Crippen LogP contribution in [0.15, 0.2) is 0 Å². The quantitative estimate of drug-likeness (QED) is 0.460. The topological polar surface area (TPSA) is 55.6 Å². The van der Waals surface area contributed by atoms with Crippen molar-refractivity contribution >= 4 is 0 Å². The van der Waals surface area contributed by atoms with Crippen LogP contribution in [0.2, 0.25) is 0 Å². The largest absolute Gasteiger partial charge is 0.381 e. The van der Waals surface area contributed by atoms with Crippen LogP contribution in [0.3, 0.4) is 0 Å². The molecule has 2 saturated heterocycles. The van der Waals surface area contributed by atoms with Crippen LogP contribution in [0.5, 0.6) is 0 Å². The molecule has 0 amide bonds. The number of likely N-dealkylation sites (tertiary alicyclic amines) is 1. The van der Waals surface area contributed by atoms with Crippen LogP contribution >= 0.6 is 0 Å². The normalized spacial score (nSPS) is 34.5. The highest BCUT2D eigenvalue weighted by atomic mass is 16.6. The van der Waals surface area contributed by atoms with Gasteiger partial charge in [0, 0.05) is 30.0 Å². The third-order valence-electron chi connectivity index (χ3n) is 3.02. The highest BCUT2D eigenvalue weighted by Gasteiger charge is 2.42. The first-order chi connectivity index (χ1) is 6.20. The highest BCUT2D eigenvalue weighted by molar-refractivity contribution is 4.91. The first kappa shape index (κ1) is 8.90. The molecule has 2 heterocycles. The van der Waals surface area contributed by atoms with Crippen LogP contribution in [-0.4, -0.2) is 42.8 Å². The Balaban J connectivity index is 1.89. The van der Waals surface area contributed by atoms with Crippen LogP contribution in [0.25, 0.3) is 0 Å². The summed E-state index contributed by atoms with van der Waals surface area (Å²) in [4.78, 5) is 11.9. The molecule has 74 valence electrons. The van der Waals surface area contributed by atoms with Crippen LogP contribution in [0, 0.1) is 15.5 Å². The Labute approximate surface area is 76.8 Å². The maximum Gasteiger partial charge on any atom is 0.259 e. The van der Waals surface area contributed by atoms with Gasteiger partial charge in [0.2, 0.25) is 0 Å². The minimum atomic E-state index is -0.255. The molecule has 1 atom stereocenters. The van der Waals surface area contributed by atoms with Gasteiger partial charge in [0.15, 0.2) is 0 Å². The van der Waals surface area contributed by atoms with E-state index in [0.29, 0.717) is 0 Å². The molecule has 2 fully saturated rings. The van der Waals surface area contributed by atoms with Crippen molar-refractivity contribution < 1.29 is 9.66 Å². The minimum Gasteiger partial charge on any atom is -0.381 e. The Morgan fingerprint density at radius 2 is 2.38 bits per heavy atom. The van der Waals surface area contributed by atoms with E-state index in [9.17, 15) is 10.1 Å². The van der Waals surface area contributed by atoms with Crippen molar-refractivity contribution in [2.45, 2.75) is 12.8 Å². The second kappa shape index (κ2) is 3.23. The fraction of sp³-hybridized carbons (Fsp3) is 1.00. The number of rotatable bonds is 2. The predicted octanol–water partition coefficient (Wildman–Crippen LogP) is 0.333. The van der Waals surface area contributed by atoms with Gasteiger partial charge >= 0.3 is 0 Å². The number of hydrogen-bond donors (Lipinski definition) is 0. The van der Waals surface area contributed by atoms with Gasteiger partial charge in [-0.25, -0.2) is 4.90 Å². The van der Waals surface area contributed by atoms with E-state index in [0.717, 1.165) is 39.1 Å². The highest BCUT2D eigenvalue weighted by Crippen LogP contribution is 2.37. The number of nitrogens with zero attached hydrogens (tertiary/aromatic N) is 2. The van der Waals surface area contributed by atoms with E-state index < -0.39 is 0 Å². The summed E-state index contributed by atoms with van der Waals surface area (Å²) in [7, 11) is 0. The lowest BCUT2D eigenvalue weighted by Gasteiger charge is -2.19. The Hall–Kier alpha value is -0.680. The van der Waals surface area contributed by atoms with E-state index in [1.165, 1.54) is 0 Å². The Kier molecular flexibility index (Phi) is 2.21. The summed E-state index contributed by atoms with van der Waals surface area (Å²) in [6.07, 6.45) is 2.13. The van der Waals surface area contributed by atoms with E-state index in [4.69, 9.17) is 4.74 Å². The summed E-state index contributed by atoms with van der Waals surface area (Å²) in [5.41, 5.74) is 0.246. The van der Waals surface area contributed by atoms with Gasteiger partial charge in [0.1, 0.15) is 0 Å². The van der Waals surface area contributed by atoms with Gasteiger partial charge in [-0.05, 0) is 12.8 Å². The average molecular weight is 186 g/mol. The molecule has 0 N–H and O–H groups in total. The minimum absolute atomic E-state index is 0.0122. The van der Waals surface area contributed by atoms with Crippen molar-refractivity contribution in [2.75, 3.05) is 33.0 Å². The van der Waals surface area contributed by atoms with Gasteiger partial charge in [-0.3, -0.25) is 10.1 Å². The van der Waals surface area contributed by atoms with E-state index in [2.05, 4.69) is 0 Å². The molecular formula is C8H14N2O3. The summed E-state index contributed by atoms with van der Waals surface area (Å²) >= 11 is 0. The molecule has 1 spiro atoms. The third kappa shape index (κ3) is 1.81. The lowest BCUT2D eigenvalue weighted by atomic mass is 9.87. The van der Waals surface area contributed by atoms with E-state index >= 15 is 0 Å². The van der Waals surface area contributed by atoms with Crippen LogP contribution < -0.4 is 0 Å². The molecular weight excluding hydrogens is 172 g/mol. The van der Waals surface area contributed by atoms with Crippen LogP contribution in [0.1, 0.15) is 12.8 Å². The monoisotopic (exact) mass is 186 g/mol. The zero-order valence-corrected chi connectivity index (χ0v) is 7.57. The molecule has 13 heavy (non-hydrogen) atoms. The molecule has 0 aromatic heterocycles. The number of hydrogen-bond acceptors (Lipinski definition) is 4. The molecule has 0 aromatic rings. The van der Waals surface area contributed by atoms with Gasteiger partial charge in [-0.1, -0.05) is 0 Å². The predicted molar refractivity (Wildman–Crippen MR) is 45.9 cm³/mol. The molecule has 1 unspecified atom stereocenters. The van der Waals surface area contributed by atoms with Gasteiger partial charge in [0.05, 0.1) is 6.61 Å². The van der Waals surface area contributed by atoms with Gasteiger partial charge in [0.25, 0.3) is 6.67 Å². The molecule has 2 aliphatic rings. The SMILES string of the molecule is O=[N+]([O-])CN1CCC2(CCOC2)C1. The number of ether oxygens (including phenoxy) is 1. The molecule has 0 saturated carbocycles. The van der Waals surface area contributed by atoms with Crippen molar-refractivity contribution in [3.05, 3.63) is 10.1 Å². The van der Waals surface area contributed by atoms with Crippen molar-refractivity contribution in [1.82, 2.24) is 4.90 Å². The summed E-state index contributed by atoms with van der Waals surface area (Å²) in [6, 6.07) is 0. The Bertz CT molecular complexity index is 213. The molecule has 2 rings (SSSR count). The maximum absolute atomic E-state index is 10.3. The van der Waals surface area contributed by atoms with Crippen LogP contribution in [0.4, 0.5) is 0 Å². The summed E-state index contributed by atoms with van der Waals surface area (Å²) < 4.78 is 5.34. The lowest BCUT2D eigenvalue weighted by molar-refractivity contribution is -0.503. The molecule has 5 heteroatoms. The van der Waals surface area contributed by atoms with Crippen molar-refractivity contribution in [3.8, 4) is 0 Å². The summed E-state index contributed by atoms with van der Waals surface area (Å²) in [5.74, 6) is 0.